The minimum absolute atomic E-state index is 0.146. The van der Waals surface area contributed by atoms with Gasteiger partial charge in [-0.1, -0.05) is 64.1 Å². The van der Waals surface area contributed by atoms with Crippen molar-refractivity contribution in [2.45, 2.75) is 20.5 Å². The molecule has 92 valence electrons. The highest BCUT2D eigenvalue weighted by Gasteiger charge is 2.78. The normalized spacial score (nSPS) is 42.4. The lowest BCUT2D eigenvalue weighted by molar-refractivity contribution is 0.687. The molecule has 3 rings (SSSR count). The summed E-state index contributed by atoms with van der Waals surface area (Å²) < 4.78 is -1.55. The zero-order valence-corrected chi connectivity index (χ0v) is 13.2. The maximum Gasteiger partial charge on any atom is 0.174 e. The van der Waals surface area contributed by atoms with Crippen LogP contribution in [0, 0.1) is 0 Å². The van der Waals surface area contributed by atoms with Crippen molar-refractivity contribution in [2.75, 3.05) is 0 Å². The fourth-order valence-corrected chi connectivity index (χ4v) is 5.78. The van der Waals surface area contributed by atoms with Crippen LogP contribution in [-0.4, -0.2) is 14.1 Å². The number of hydrogen-bond acceptors (Lipinski definition) is 0. The molecule has 17 heavy (non-hydrogen) atoms. The Morgan fingerprint density at radius 3 is 2.00 bits per heavy atom. The van der Waals surface area contributed by atoms with E-state index < -0.39 is 14.1 Å². The lowest BCUT2D eigenvalue weighted by Gasteiger charge is -2.34. The molecule has 0 spiro atoms. The van der Waals surface area contributed by atoms with E-state index in [-0.39, 0.29) is 10.1 Å². The second-order valence-corrected chi connectivity index (χ2v) is 7.75. The fourth-order valence-electron chi connectivity index (χ4n) is 2.63. The Labute approximate surface area is 133 Å². The molecule has 0 aromatic heterocycles. The molecule has 0 nitrogen and oxygen atoms in total. The van der Waals surface area contributed by atoms with Gasteiger partial charge in [-0.05, 0) is 12.0 Å². The molecule has 0 amide bonds. The molecule has 0 aliphatic heterocycles. The quantitative estimate of drug-likeness (QED) is 0.483. The van der Waals surface area contributed by atoms with E-state index in [1.165, 1.54) is 0 Å². The van der Waals surface area contributed by atoms with Gasteiger partial charge in [0.1, 0.15) is 9.75 Å². The number of halogens is 7. The number of hydrogen-bond donors (Lipinski definition) is 0. The van der Waals surface area contributed by atoms with Crippen molar-refractivity contribution in [3.05, 3.63) is 32.3 Å². The first-order valence-corrected chi connectivity index (χ1v) is 7.27. The Hall–Kier alpha value is 1.25. The molecule has 2 unspecified atom stereocenters. The summed E-state index contributed by atoms with van der Waals surface area (Å²) in [5, 5.41) is 0.804. The summed E-state index contributed by atoms with van der Waals surface area (Å²) in [6, 6.07) is 0. The first-order chi connectivity index (χ1) is 7.70. The second-order valence-electron chi connectivity index (χ2n) is 4.13. The van der Waals surface area contributed by atoms with E-state index in [1.807, 2.05) is 0 Å². The van der Waals surface area contributed by atoms with E-state index >= 15 is 0 Å². The first-order valence-electron chi connectivity index (χ1n) is 4.62. The Balaban J connectivity index is 2.38. The standard InChI is InChI=1S/C10H3Cl7/c11-4-2-1-3-5(4)9(15)7(13)6(12)8(3,14)10(9,16)17/h2H,1H2. The van der Waals surface area contributed by atoms with Crippen LogP contribution in [0.1, 0.15) is 6.42 Å². The van der Waals surface area contributed by atoms with E-state index in [4.69, 9.17) is 81.2 Å². The van der Waals surface area contributed by atoms with Gasteiger partial charge in [0, 0.05) is 10.6 Å². The molecule has 2 atom stereocenters. The minimum Gasteiger partial charge on any atom is -0.105 e. The van der Waals surface area contributed by atoms with Crippen LogP contribution in [0.25, 0.3) is 0 Å². The van der Waals surface area contributed by atoms with Gasteiger partial charge in [-0.2, -0.15) is 0 Å². The van der Waals surface area contributed by atoms with E-state index in [0.29, 0.717) is 17.0 Å². The average molecular weight is 371 g/mol. The molecule has 3 aliphatic carbocycles. The van der Waals surface area contributed by atoms with Crippen molar-refractivity contribution in [3.8, 4) is 0 Å². The van der Waals surface area contributed by atoms with Gasteiger partial charge < -0.3 is 0 Å². The maximum absolute atomic E-state index is 6.52. The minimum atomic E-state index is -1.55. The smallest absolute Gasteiger partial charge is 0.105 e. The number of allylic oxidation sites excluding steroid dienone is 6. The molecule has 0 aromatic rings. The Morgan fingerprint density at radius 2 is 1.41 bits per heavy atom. The van der Waals surface area contributed by atoms with Crippen molar-refractivity contribution in [1.82, 2.24) is 0 Å². The van der Waals surface area contributed by atoms with Crippen molar-refractivity contribution in [3.63, 3.8) is 0 Å². The van der Waals surface area contributed by atoms with Crippen LogP contribution in [-0.2, 0) is 0 Å². The zero-order chi connectivity index (χ0) is 12.8. The van der Waals surface area contributed by atoms with Gasteiger partial charge in [-0.25, -0.2) is 0 Å². The van der Waals surface area contributed by atoms with Gasteiger partial charge in [0.25, 0.3) is 0 Å². The van der Waals surface area contributed by atoms with Gasteiger partial charge >= 0.3 is 0 Å². The highest BCUT2D eigenvalue weighted by atomic mass is 35.5. The molecule has 0 fully saturated rings. The molecular formula is C10H3Cl7. The second kappa shape index (κ2) is 3.47. The lowest BCUT2D eigenvalue weighted by atomic mass is 9.98. The molecule has 3 aliphatic rings. The molecule has 0 aromatic carbocycles. The van der Waals surface area contributed by atoms with E-state index in [1.54, 1.807) is 6.08 Å². The number of rotatable bonds is 0. The predicted octanol–water partition coefficient (Wildman–Crippen LogP) is 5.65. The third kappa shape index (κ3) is 1.11. The van der Waals surface area contributed by atoms with Gasteiger partial charge in [0.05, 0.1) is 10.1 Å². The van der Waals surface area contributed by atoms with Crippen molar-refractivity contribution in [2.24, 2.45) is 0 Å². The largest absolute Gasteiger partial charge is 0.174 e. The molecule has 0 heterocycles. The third-order valence-corrected chi connectivity index (χ3v) is 7.91. The Morgan fingerprint density at radius 1 is 0.882 bits per heavy atom. The Kier molecular flexibility index (Phi) is 2.70. The van der Waals surface area contributed by atoms with Crippen molar-refractivity contribution >= 4 is 81.2 Å². The SMILES string of the molecule is ClC1=CCC2=C1C1(Cl)C(Cl)=C(Cl)C2(Cl)C1(Cl)Cl. The summed E-state index contributed by atoms with van der Waals surface area (Å²) in [7, 11) is 0. The van der Waals surface area contributed by atoms with Crippen molar-refractivity contribution in [1.29, 1.82) is 0 Å². The highest BCUT2D eigenvalue weighted by Crippen LogP contribution is 2.76. The van der Waals surface area contributed by atoms with Gasteiger partial charge in [0.15, 0.2) is 4.33 Å². The van der Waals surface area contributed by atoms with Crippen molar-refractivity contribution < 1.29 is 0 Å². The Bertz CT molecular complexity index is 541. The molecule has 0 N–H and O–H groups in total. The van der Waals surface area contributed by atoms with Gasteiger partial charge in [-0.15, -0.1) is 23.2 Å². The average Bonchev–Trinajstić information content (AvgIpc) is 2.73. The summed E-state index contributed by atoms with van der Waals surface area (Å²) in [5.74, 6) is 0. The van der Waals surface area contributed by atoms with E-state index in [0.717, 1.165) is 5.57 Å². The molecule has 0 saturated heterocycles. The topological polar surface area (TPSA) is 0 Å². The summed E-state index contributed by atoms with van der Waals surface area (Å²) in [4.78, 5) is -2.66. The van der Waals surface area contributed by atoms with Gasteiger partial charge in [-0.3, -0.25) is 0 Å². The van der Waals surface area contributed by atoms with E-state index in [2.05, 4.69) is 0 Å². The monoisotopic (exact) mass is 368 g/mol. The van der Waals surface area contributed by atoms with Crippen LogP contribution in [0.15, 0.2) is 32.3 Å². The molecule has 0 saturated carbocycles. The van der Waals surface area contributed by atoms with Crippen LogP contribution in [0.3, 0.4) is 0 Å². The first kappa shape index (κ1) is 13.2. The zero-order valence-electron chi connectivity index (χ0n) is 7.93. The van der Waals surface area contributed by atoms with Crippen LogP contribution in [0.4, 0.5) is 0 Å². The molecular weight excluding hydrogens is 368 g/mol. The number of fused-ring (bicyclic) bond motifs is 4. The maximum atomic E-state index is 6.52. The van der Waals surface area contributed by atoms with Crippen LogP contribution in [0.5, 0.6) is 0 Å². The lowest BCUT2D eigenvalue weighted by Crippen LogP contribution is -2.45. The van der Waals surface area contributed by atoms with Crippen LogP contribution in [0.2, 0.25) is 0 Å². The van der Waals surface area contributed by atoms with Crippen LogP contribution >= 0.6 is 81.2 Å². The molecule has 7 heteroatoms. The molecule has 0 radical (unpaired) electrons. The molecule has 2 bridgehead atoms. The summed E-state index contributed by atoms with van der Waals surface area (Å²) in [6.07, 6.45) is 2.32. The summed E-state index contributed by atoms with van der Waals surface area (Å²) in [5.41, 5.74) is 1.33. The number of alkyl halides is 4. The summed E-state index contributed by atoms with van der Waals surface area (Å²) >= 11 is 44.1. The third-order valence-electron chi connectivity index (χ3n) is 3.45. The summed E-state index contributed by atoms with van der Waals surface area (Å²) in [6.45, 7) is 0. The van der Waals surface area contributed by atoms with E-state index in [9.17, 15) is 0 Å². The van der Waals surface area contributed by atoms with Crippen LogP contribution < -0.4 is 0 Å². The highest BCUT2D eigenvalue weighted by molar-refractivity contribution is 6.67. The predicted molar refractivity (Wildman–Crippen MR) is 75.9 cm³/mol. The van der Waals surface area contributed by atoms with Gasteiger partial charge in [0.2, 0.25) is 0 Å². The fraction of sp³-hybridized carbons (Fsp3) is 0.400.